The van der Waals surface area contributed by atoms with Crippen LogP contribution in [0.1, 0.15) is 110 Å². The van der Waals surface area contributed by atoms with E-state index in [2.05, 4.69) is 39.8 Å². The maximum Gasteiger partial charge on any atom is 0.312 e. The summed E-state index contributed by atoms with van der Waals surface area (Å²) in [7, 11) is 0. The van der Waals surface area contributed by atoms with Crippen molar-refractivity contribution >= 4 is 5.97 Å². The predicted octanol–water partition coefficient (Wildman–Crippen LogP) is 8.59. The smallest absolute Gasteiger partial charge is 0.312 e. The van der Waals surface area contributed by atoms with Crippen molar-refractivity contribution in [3.05, 3.63) is 35.9 Å². The lowest BCUT2D eigenvalue weighted by Crippen LogP contribution is -2.61. The van der Waals surface area contributed by atoms with Crippen molar-refractivity contribution < 1.29 is 9.53 Å². The first-order valence-electron chi connectivity index (χ1n) is 14.9. The van der Waals surface area contributed by atoms with Gasteiger partial charge < -0.3 is 4.74 Å². The molecule has 2 nitrogen and oxygen atoms in total. The summed E-state index contributed by atoms with van der Waals surface area (Å²) in [5.74, 6) is 3.97. The van der Waals surface area contributed by atoms with Gasteiger partial charge >= 0.3 is 5.97 Å². The maximum atomic E-state index is 13.7. The van der Waals surface area contributed by atoms with E-state index in [0.717, 1.165) is 42.1 Å². The van der Waals surface area contributed by atoms with Gasteiger partial charge in [0.2, 0.25) is 0 Å². The van der Waals surface area contributed by atoms with Crippen LogP contribution in [0, 0.1) is 51.2 Å². The summed E-state index contributed by atoms with van der Waals surface area (Å²) >= 11 is 0. The monoisotopic (exact) mass is 476 g/mol. The van der Waals surface area contributed by atoms with Gasteiger partial charge in [-0.15, -0.1) is 0 Å². The van der Waals surface area contributed by atoms with Crippen LogP contribution in [0.5, 0.6) is 0 Å². The molecule has 0 radical (unpaired) electrons. The summed E-state index contributed by atoms with van der Waals surface area (Å²) in [6, 6.07) is 10.2. The Hall–Kier alpha value is -1.31. The first-order chi connectivity index (χ1) is 16.7. The van der Waals surface area contributed by atoms with E-state index in [1.807, 2.05) is 18.2 Å². The molecule has 1 aromatic rings. The standard InChI is InChI=1S/C33H48O2/c1-30(2)17-9-18-32(4)27(30)16-20-31(3)25-15-21-33(29(34)35-22-23-10-6-5-7-11-23)19-8-12-26(33)24(25)13-14-28(31)32/h5-7,10-11,24-28H,8-9,12-22H2,1-4H3. The van der Waals surface area contributed by atoms with Crippen LogP contribution >= 0.6 is 0 Å². The highest BCUT2D eigenvalue weighted by atomic mass is 16.5. The number of benzene rings is 1. The zero-order valence-corrected chi connectivity index (χ0v) is 22.8. The Kier molecular flexibility index (Phi) is 5.74. The lowest BCUT2D eigenvalue weighted by atomic mass is 9.36. The average molecular weight is 477 g/mol. The fraction of sp³-hybridized carbons (Fsp3) is 0.788. The Morgan fingerprint density at radius 1 is 0.771 bits per heavy atom. The minimum Gasteiger partial charge on any atom is -0.460 e. The summed E-state index contributed by atoms with van der Waals surface area (Å²) in [5, 5.41) is 0. The topological polar surface area (TPSA) is 26.3 Å². The fourth-order valence-corrected chi connectivity index (χ4v) is 11.5. The molecule has 0 heterocycles. The minimum absolute atomic E-state index is 0.124. The van der Waals surface area contributed by atoms with E-state index in [4.69, 9.17) is 4.74 Å². The van der Waals surface area contributed by atoms with Gasteiger partial charge in [0.15, 0.2) is 0 Å². The largest absolute Gasteiger partial charge is 0.460 e. The van der Waals surface area contributed by atoms with Gasteiger partial charge in [-0.3, -0.25) is 4.79 Å². The lowest BCUT2D eigenvalue weighted by molar-refractivity contribution is -0.202. The Balaban J connectivity index is 1.24. The molecule has 5 aliphatic rings. The number of ether oxygens (including phenoxy) is 1. The first-order valence-corrected chi connectivity index (χ1v) is 14.9. The third kappa shape index (κ3) is 3.51. The molecule has 192 valence electrons. The Morgan fingerprint density at radius 2 is 1.57 bits per heavy atom. The van der Waals surface area contributed by atoms with Crippen molar-refractivity contribution in [1.29, 1.82) is 0 Å². The van der Waals surface area contributed by atoms with Crippen LogP contribution in [0.3, 0.4) is 0 Å². The summed E-state index contributed by atoms with van der Waals surface area (Å²) < 4.78 is 6.05. The molecular formula is C33H48O2. The van der Waals surface area contributed by atoms with Crippen molar-refractivity contribution in [2.24, 2.45) is 51.2 Å². The molecule has 5 aliphatic carbocycles. The van der Waals surface area contributed by atoms with E-state index in [9.17, 15) is 4.79 Å². The molecule has 5 fully saturated rings. The fourth-order valence-electron chi connectivity index (χ4n) is 11.5. The normalized spacial score (nSPS) is 46.0. The lowest BCUT2D eigenvalue weighted by Gasteiger charge is -2.68. The zero-order chi connectivity index (χ0) is 24.5. The highest BCUT2D eigenvalue weighted by molar-refractivity contribution is 5.78. The molecule has 0 spiro atoms. The highest BCUT2D eigenvalue weighted by Crippen LogP contribution is 2.73. The van der Waals surface area contributed by atoms with Crippen LogP contribution in [-0.4, -0.2) is 5.97 Å². The van der Waals surface area contributed by atoms with Gasteiger partial charge in [0, 0.05) is 0 Å². The van der Waals surface area contributed by atoms with Crippen LogP contribution in [0.4, 0.5) is 0 Å². The van der Waals surface area contributed by atoms with Gasteiger partial charge in [-0.05, 0) is 116 Å². The van der Waals surface area contributed by atoms with Crippen molar-refractivity contribution in [2.45, 2.75) is 111 Å². The quantitative estimate of drug-likeness (QED) is 0.408. The third-order valence-electron chi connectivity index (χ3n) is 12.9. The van der Waals surface area contributed by atoms with Crippen molar-refractivity contribution in [1.82, 2.24) is 0 Å². The van der Waals surface area contributed by atoms with Crippen molar-refractivity contribution in [3.63, 3.8) is 0 Å². The van der Waals surface area contributed by atoms with Gasteiger partial charge in [-0.25, -0.2) is 0 Å². The summed E-state index contributed by atoms with van der Waals surface area (Å²) in [6.45, 7) is 11.0. The Morgan fingerprint density at radius 3 is 2.37 bits per heavy atom. The Bertz CT molecular complexity index is 951. The second-order valence-corrected chi connectivity index (χ2v) is 14.6. The summed E-state index contributed by atoms with van der Waals surface area (Å²) in [4.78, 5) is 13.7. The average Bonchev–Trinajstić information content (AvgIpc) is 3.28. The second-order valence-electron chi connectivity index (χ2n) is 14.6. The molecule has 8 atom stereocenters. The zero-order valence-electron chi connectivity index (χ0n) is 22.8. The van der Waals surface area contributed by atoms with E-state index < -0.39 is 0 Å². The maximum absolute atomic E-state index is 13.7. The number of carbonyl (C=O) groups excluding carboxylic acids is 1. The van der Waals surface area contributed by atoms with E-state index >= 15 is 0 Å². The number of esters is 1. The number of carbonyl (C=O) groups is 1. The molecule has 6 rings (SSSR count). The SMILES string of the molecule is CC1(C)CCCC2(C)C1CCC1(C)C3CCC4(C(=O)OCc5ccccc5)CCCC4C3CCC12. The Labute approximate surface area is 214 Å². The van der Waals surface area contributed by atoms with Crippen LogP contribution in [0.25, 0.3) is 0 Å². The molecule has 0 N–H and O–H groups in total. The number of fused-ring (bicyclic) bond motifs is 7. The van der Waals surface area contributed by atoms with Crippen molar-refractivity contribution in [3.8, 4) is 0 Å². The third-order valence-corrected chi connectivity index (χ3v) is 12.9. The van der Waals surface area contributed by atoms with E-state index in [-0.39, 0.29) is 11.4 Å². The van der Waals surface area contributed by atoms with Crippen LogP contribution in [-0.2, 0) is 16.1 Å². The van der Waals surface area contributed by atoms with E-state index in [1.54, 1.807) is 0 Å². The molecule has 35 heavy (non-hydrogen) atoms. The predicted molar refractivity (Wildman–Crippen MR) is 142 cm³/mol. The molecular weight excluding hydrogens is 428 g/mol. The summed E-state index contributed by atoms with van der Waals surface area (Å²) in [5.41, 5.74) is 2.38. The van der Waals surface area contributed by atoms with Gasteiger partial charge in [-0.1, -0.05) is 70.9 Å². The van der Waals surface area contributed by atoms with Crippen molar-refractivity contribution in [2.75, 3.05) is 0 Å². The molecule has 0 saturated heterocycles. The van der Waals surface area contributed by atoms with E-state index in [0.29, 0.717) is 28.8 Å². The molecule has 2 heteroatoms. The molecule has 8 unspecified atom stereocenters. The van der Waals surface area contributed by atoms with Gasteiger partial charge in [0.25, 0.3) is 0 Å². The van der Waals surface area contributed by atoms with Gasteiger partial charge in [0.05, 0.1) is 5.41 Å². The first kappa shape index (κ1) is 24.1. The molecule has 1 aromatic carbocycles. The minimum atomic E-state index is -0.201. The number of rotatable bonds is 3. The molecule has 0 aromatic heterocycles. The highest BCUT2D eigenvalue weighted by Gasteiger charge is 2.66. The van der Waals surface area contributed by atoms with Gasteiger partial charge in [-0.2, -0.15) is 0 Å². The van der Waals surface area contributed by atoms with Crippen LogP contribution < -0.4 is 0 Å². The van der Waals surface area contributed by atoms with Crippen LogP contribution in [0.2, 0.25) is 0 Å². The summed E-state index contributed by atoms with van der Waals surface area (Å²) in [6.07, 6.45) is 15.7. The second kappa shape index (κ2) is 8.35. The van der Waals surface area contributed by atoms with E-state index in [1.165, 1.54) is 64.2 Å². The molecule has 0 aliphatic heterocycles. The number of hydrogen-bond acceptors (Lipinski definition) is 2. The molecule has 0 bridgehead atoms. The van der Waals surface area contributed by atoms with Gasteiger partial charge in [0.1, 0.15) is 6.61 Å². The van der Waals surface area contributed by atoms with Crippen LogP contribution in [0.15, 0.2) is 30.3 Å². The molecule has 5 saturated carbocycles. The molecule has 0 amide bonds. The number of hydrogen-bond donors (Lipinski definition) is 0.